The smallest absolute Gasteiger partial charge is 0.251 e. The minimum atomic E-state index is -3.47. The quantitative estimate of drug-likeness (QED) is 0.879. The number of sulfonamides is 1. The fraction of sp³-hybridized carbons (Fsp3) is 0.235. The first kappa shape index (κ1) is 17.2. The van der Waals surface area contributed by atoms with Gasteiger partial charge in [0.2, 0.25) is 10.0 Å². The molecule has 122 valence electrons. The summed E-state index contributed by atoms with van der Waals surface area (Å²) in [7, 11) is -0.527. The fourth-order valence-corrected chi connectivity index (χ4v) is 2.96. The first-order valence-electron chi connectivity index (χ1n) is 7.26. The number of carbonyl (C=O) groups excluding carboxylic acids is 1. The van der Waals surface area contributed by atoms with Crippen molar-refractivity contribution in [2.24, 2.45) is 0 Å². The topological polar surface area (TPSA) is 66.5 Å². The van der Waals surface area contributed by atoms with E-state index in [4.69, 9.17) is 0 Å². The molecule has 0 heterocycles. The molecule has 1 amide bonds. The van der Waals surface area contributed by atoms with Crippen LogP contribution < -0.4 is 5.32 Å². The third kappa shape index (κ3) is 4.40. The van der Waals surface area contributed by atoms with Gasteiger partial charge in [0, 0.05) is 26.2 Å². The molecule has 0 aromatic heterocycles. The van der Waals surface area contributed by atoms with Crippen LogP contribution in [0.2, 0.25) is 0 Å². The van der Waals surface area contributed by atoms with Crippen LogP contribution in [0.1, 0.15) is 15.9 Å². The monoisotopic (exact) mass is 332 g/mol. The molecule has 2 aromatic rings. The second kappa shape index (κ2) is 7.39. The molecule has 0 aliphatic heterocycles. The van der Waals surface area contributed by atoms with Crippen LogP contribution in [0.3, 0.4) is 0 Å². The molecule has 0 atom stereocenters. The molecule has 6 heteroatoms. The summed E-state index contributed by atoms with van der Waals surface area (Å²) >= 11 is 0. The van der Waals surface area contributed by atoms with Gasteiger partial charge in [-0.2, -0.15) is 0 Å². The van der Waals surface area contributed by atoms with E-state index in [1.807, 2.05) is 30.3 Å². The predicted octanol–water partition coefficient (Wildman–Crippen LogP) is 1.91. The van der Waals surface area contributed by atoms with Crippen LogP contribution in [0, 0.1) is 0 Å². The Balaban J connectivity index is 1.95. The van der Waals surface area contributed by atoms with Crippen molar-refractivity contribution >= 4 is 15.9 Å². The maximum absolute atomic E-state index is 12.1. The number of carbonyl (C=O) groups is 1. The van der Waals surface area contributed by atoms with Gasteiger partial charge in [-0.1, -0.05) is 30.3 Å². The number of hydrogen-bond donors (Lipinski definition) is 1. The fourth-order valence-electron chi connectivity index (χ4n) is 2.06. The van der Waals surface area contributed by atoms with Crippen molar-refractivity contribution in [3.05, 3.63) is 65.7 Å². The summed E-state index contributed by atoms with van der Waals surface area (Å²) in [4.78, 5) is 12.2. The van der Waals surface area contributed by atoms with Crippen molar-refractivity contribution in [2.45, 2.75) is 11.3 Å². The standard InChI is InChI=1S/C17H20N2O3S/c1-19(2)23(21,22)16-10-8-15(9-11-16)17(20)18-13-12-14-6-4-3-5-7-14/h3-11H,12-13H2,1-2H3,(H,18,20). The number of nitrogens with zero attached hydrogens (tertiary/aromatic N) is 1. The summed E-state index contributed by atoms with van der Waals surface area (Å²) in [5.41, 5.74) is 1.59. The predicted molar refractivity (Wildman–Crippen MR) is 89.8 cm³/mol. The Hall–Kier alpha value is -2.18. The van der Waals surface area contributed by atoms with E-state index in [1.54, 1.807) is 0 Å². The largest absolute Gasteiger partial charge is 0.352 e. The molecule has 0 fully saturated rings. The number of rotatable bonds is 6. The van der Waals surface area contributed by atoms with E-state index in [0.29, 0.717) is 12.1 Å². The molecule has 2 aromatic carbocycles. The molecule has 0 radical (unpaired) electrons. The van der Waals surface area contributed by atoms with E-state index in [9.17, 15) is 13.2 Å². The summed E-state index contributed by atoms with van der Waals surface area (Å²) in [6.07, 6.45) is 0.750. The van der Waals surface area contributed by atoms with Gasteiger partial charge in [-0.3, -0.25) is 4.79 Å². The Labute approximate surface area is 137 Å². The van der Waals surface area contributed by atoms with E-state index in [-0.39, 0.29) is 10.8 Å². The average Bonchev–Trinajstić information content (AvgIpc) is 2.55. The maximum atomic E-state index is 12.1. The van der Waals surface area contributed by atoms with E-state index < -0.39 is 10.0 Å². The number of amides is 1. The number of nitrogens with one attached hydrogen (secondary N) is 1. The molecule has 0 saturated heterocycles. The van der Waals surface area contributed by atoms with Crippen molar-refractivity contribution in [1.29, 1.82) is 0 Å². The second-order valence-corrected chi connectivity index (χ2v) is 7.46. The van der Waals surface area contributed by atoms with Crippen LogP contribution in [-0.4, -0.2) is 39.3 Å². The van der Waals surface area contributed by atoms with Gasteiger partial charge in [-0.25, -0.2) is 12.7 Å². The van der Waals surface area contributed by atoms with Crippen molar-refractivity contribution < 1.29 is 13.2 Å². The van der Waals surface area contributed by atoms with E-state index in [2.05, 4.69) is 5.32 Å². The Kier molecular flexibility index (Phi) is 5.52. The third-order valence-corrected chi connectivity index (χ3v) is 5.27. The zero-order valence-electron chi connectivity index (χ0n) is 13.2. The van der Waals surface area contributed by atoms with Gasteiger partial charge in [-0.15, -0.1) is 0 Å². The van der Waals surface area contributed by atoms with Crippen LogP contribution in [-0.2, 0) is 16.4 Å². The SMILES string of the molecule is CN(C)S(=O)(=O)c1ccc(C(=O)NCCc2ccccc2)cc1. The van der Waals surface area contributed by atoms with Crippen molar-refractivity contribution in [3.63, 3.8) is 0 Å². The Morgan fingerprint density at radius 3 is 2.17 bits per heavy atom. The van der Waals surface area contributed by atoms with Gasteiger partial charge in [-0.05, 0) is 36.2 Å². The normalized spacial score (nSPS) is 11.4. The minimum Gasteiger partial charge on any atom is -0.352 e. The highest BCUT2D eigenvalue weighted by molar-refractivity contribution is 7.89. The molecule has 2 rings (SSSR count). The van der Waals surface area contributed by atoms with E-state index in [1.165, 1.54) is 38.4 Å². The summed E-state index contributed by atoms with van der Waals surface area (Å²) in [5, 5.41) is 2.83. The lowest BCUT2D eigenvalue weighted by Gasteiger charge is -2.11. The van der Waals surface area contributed by atoms with E-state index >= 15 is 0 Å². The molecule has 0 spiro atoms. The van der Waals surface area contributed by atoms with Gasteiger partial charge < -0.3 is 5.32 Å². The van der Waals surface area contributed by atoms with Gasteiger partial charge >= 0.3 is 0 Å². The Morgan fingerprint density at radius 2 is 1.61 bits per heavy atom. The van der Waals surface area contributed by atoms with Gasteiger partial charge in [0.25, 0.3) is 5.91 Å². The average molecular weight is 332 g/mol. The van der Waals surface area contributed by atoms with Gasteiger partial charge in [0.1, 0.15) is 0 Å². The van der Waals surface area contributed by atoms with Crippen LogP contribution in [0.4, 0.5) is 0 Å². The lowest BCUT2D eigenvalue weighted by molar-refractivity contribution is 0.0954. The molecule has 0 unspecified atom stereocenters. The minimum absolute atomic E-state index is 0.170. The zero-order valence-corrected chi connectivity index (χ0v) is 14.0. The molecule has 1 N–H and O–H groups in total. The lowest BCUT2D eigenvalue weighted by atomic mass is 10.1. The first-order chi connectivity index (χ1) is 10.9. The summed E-state index contributed by atoms with van der Waals surface area (Å²) in [6.45, 7) is 0.528. The first-order valence-corrected chi connectivity index (χ1v) is 8.70. The lowest BCUT2D eigenvalue weighted by Crippen LogP contribution is -2.26. The van der Waals surface area contributed by atoms with E-state index in [0.717, 1.165) is 16.3 Å². The summed E-state index contributed by atoms with van der Waals surface area (Å²) < 4.78 is 25.1. The number of benzene rings is 2. The Bertz CT molecular complexity index is 754. The molecule has 0 bridgehead atoms. The second-order valence-electron chi connectivity index (χ2n) is 5.30. The highest BCUT2D eigenvalue weighted by Gasteiger charge is 2.17. The number of hydrogen-bond acceptors (Lipinski definition) is 3. The highest BCUT2D eigenvalue weighted by atomic mass is 32.2. The molecule has 5 nitrogen and oxygen atoms in total. The van der Waals surface area contributed by atoms with Crippen LogP contribution >= 0.6 is 0 Å². The van der Waals surface area contributed by atoms with Gasteiger partial charge in [0.05, 0.1) is 4.90 Å². The molecular formula is C17H20N2O3S. The van der Waals surface area contributed by atoms with Crippen molar-refractivity contribution in [3.8, 4) is 0 Å². The van der Waals surface area contributed by atoms with Gasteiger partial charge in [0.15, 0.2) is 0 Å². The van der Waals surface area contributed by atoms with Crippen LogP contribution in [0.25, 0.3) is 0 Å². The maximum Gasteiger partial charge on any atom is 0.251 e. The van der Waals surface area contributed by atoms with Crippen LogP contribution in [0.5, 0.6) is 0 Å². The van der Waals surface area contributed by atoms with Crippen LogP contribution in [0.15, 0.2) is 59.5 Å². The summed E-state index contributed by atoms with van der Waals surface area (Å²) in [5.74, 6) is -0.213. The van der Waals surface area contributed by atoms with Crippen molar-refractivity contribution in [2.75, 3.05) is 20.6 Å². The zero-order chi connectivity index (χ0) is 16.9. The molecular weight excluding hydrogens is 312 g/mol. The Morgan fingerprint density at radius 1 is 1.00 bits per heavy atom. The molecule has 0 aliphatic rings. The molecule has 23 heavy (non-hydrogen) atoms. The third-order valence-electron chi connectivity index (χ3n) is 3.44. The highest BCUT2D eigenvalue weighted by Crippen LogP contribution is 2.14. The summed E-state index contributed by atoms with van der Waals surface area (Å²) in [6, 6.07) is 15.8. The molecule has 0 saturated carbocycles. The molecule has 0 aliphatic carbocycles. The van der Waals surface area contributed by atoms with Crippen molar-refractivity contribution in [1.82, 2.24) is 9.62 Å².